The van der Waals surface area contributed by atoms with Gasteiger partial charge in [-0.1, -0.05) is 12.8 Å². The predicted octanol–water partition coefficient (Wildman–Crippen LogP) is 2.17. The lowest BCUT2D eigenvalue weighted by atomic mass is 9.84. The van der Waals surface area contributed by atoms with E-state index in [1.54, 1.807) is 6.07 Å². The number of carbonyl (C=O) groups excluding carboxylic acids is 2. The summed E-state index contributed by atoms with van der Waals surface area (Å²) >= 11 is 0. The van der Waals surface area contributed by atoms with Gasteiger partial charge >= 0.3 is 0 Å². The van der Waals surface area contributed by atoms with Crippen molar-refractivity contribution < 1.29 is 14.0 Å². The number of halogens is 1. The van der Waals surface area contributed by atoms with Crippen molar-refractivity contribution in [3.63, 3.8) is 0 Å². The van der Waals surface area contributed by atoms with E-state index in [-0.39, 0.29) is 23.8 Å². The summed E-state index contributed by atoms with van der Waals surface area (Å²) in [4.78, 5) is 32.2. The van der Waals surface area contributed by atoms with Gasteiger partial charge in [-0.05, 0) is 25.0 Å². The molecule has 0 saturated heterocycles. The maximum absolute atomic E-state index is 13.0. The van der Waals surface area contributed by atoms with E-state index < -0.39 is 5.82 Å². The molecule has 1 fully saturated rings. The van der Waals surface area contributed by atoms with Crippen molar-refractivity contribution in [3.05, 3.63) is 42.0 Å². The summed E-state index contributed by atoms with van der Waals surface area (Å²) in [6.07, 6.45) is 5.97. The number of nitrogens with one attached hydrogen (secondary N) is 3. The third kappa shape index (κ3) is 4.54. The molecule has 2 atom stereocenters. The molecule has 0 unspecified atom stereocenters. The first-order valence-electron chi connectivity index (χ1n) is 9.14. The van der Waals surface area contributed by atoms with Crippen molar-refractivity contribution >= 4 is 29.1 Å². The van der Waals surface area contributed by atoms with Crippen LogP contribution in [0.25, 0.3) is 0 Å². The third-order valence-corrected chi connectivity index (χ3v) is 4.83. The van der Waals surface area contributed by atoms with Crippen LogP contribution in [0.3, 0.4) is 0 Å². The molecule has 0 spiro atoms. The predicted molar refractivity (Wildman–Crippen MR) is 104 cm³/mol. The number of nitrogens with zero attached hydrogens (tertiary/aromatic N) is 2. The van der Waals surface area contributed by atoms with Crippen LogP contribution in [-0.4, -0.2) is 34.9 Å². The van der Waals surface area contributed by atoms with Crippen molar-refractivity contribution in [3.8, 4) is 0 Å². The summed E-state index contributed by atoms with van der Waals surface area (Å²) in [5.74, 6) is -0.532. The van der Waals surface area contributed by atoms with Crippen LogP contribution in [0.1, 0.15) is 36.0 Å². The Morgan fingerprint density at radius 3 is 2.57 bits per heavy atom. The Labute approximate surface area is 162 Å². The number of nitrogens with two attached hydrogens (primary N) is 1. The average molecular weight is 386 g/mol. The fourth-order valence-electron chi connectivity index (χ4n) is 3.38. The molecule has 2 aromatic heterocycles. The van der Waals surface area contributed by atoms with Gasteiger partial charge in [0.25, 0.3) is 5.91 Å². The molecule has 0 aromatic carbocycles. The standard InChI is InChI=1S/C19H23FN6O2/c1-22-19(28)13-10-24-17(26-16-7-6-11(20)9-23-16)8-15(13)25-14-5-3-2-4-12(14)18(21)27/h6-10,12,14H,2-5H2,1H3,(H2,21,27)(H,22,28)(H2,23,24,25,26)/t12-,14+/m0/s1. The Bertz CT molecular complexity index is 858. The van der Waals surface area contributed by atoms with Gasteiger partial charge in [0.05, 0.1) is 23.4 Å². The number of hydrogen-bond acceptors (Lipinski definition) is 6. The first-order valence-corrected chi connectivity index (χ1v) is 9.14. The van der Waals surface area contributed by atoms with Gasteiger partial charge in [0, 0.05) is 25.4 Å². The van der Waals surface area contributed by atoms with Crippen LogP contribution < -0.4 is 21.7 Å². The van der Waals surface area contributed by atoms with Gasteiger partial charge in [0.15, 0.2) is 0 Å². The number of aromatic nitrogens is 2. The fraction of sp³-hybridized carbons (Fsp3) is 0.368. The molecular formula is C19H23FN6O2. The van der Waals surface area contributed by atoms with E-state index in [1.165, 1.54) is 25.4 Å². The molecule has 1 aliphatic carbocycles. The highest BCUT2D eigenvalue weighted by molar-refractivity contribution is 5.99. The highest BCUT2D eigenvalue weighted by Crippen LogP contribution is 2.29. The molecule has 0 bridgehead atoms. The number of hydrogen-bond donors (Lipinski definition) is 4. The molecule has 9 heteroatoms. The zero-order valence-electron chi connectivity index (χ0n) is 15.5. The Hall–Kier alpha value is -3.23. The van der Waals surface area contributed by atoms with Crippen LogP contribution in [0.2, 0.25) is 0 Å². The SMILES string of the molecule is CNC(=O)c1cnc(Nc2ccc(F)cn2)cc1N[C@@H]1CCCC[C@@H]1C(N)=O. The van der Waals surface area contributed by atoms with Gasteiger partial charge < -0.3 is 21.7 Å². The molecule has 1 aliphatic rings. The van der Waals surface area contributed by atoms with E-state index in [0.29, 0.717) is 22.9 Å². The van der Waals surface area contributed by atoms with Gasteiger partial charge in [-0.3, -0.25) is 9.59 Å². The smallest absolute Gasteiger partial charge is 0.254 e. The maximum Gasteiger partial charge on any atom is 0.254 e. The van der Waals surface area contributed by atoms with Crippen LogP contribution in [-0.2, 0) is 4.79 Å². The Balaban J connectivity index is 1.88. The topological polar surface area (TPSA) is 122 Å². The summed E-state index contributed by atoms with van der Waals surface area (Å²) in [6.45, 7) is 0. The second-order valence-corrected chi connectivity index (χ2v) is 6.73. The molecule has 28 heavy (non-hydrogen) atoms. The largest absolute Gasteiger partial charge is 0.381 e. The molecule has 148 valence electrons. The normalized spacial score (nSPS) is 18.9. The molecule has 1 saturated carbocycles. The van der Waals surface area contributed by atoms with Gasteiger partial charge in [-0.15, -0.1) is 0 Å². The summed E-state index contributed by atoms with van der Waals surface area (Å²) < 4.78 is 13.0. The number of pyridine rings is 2. The lowest BCUT2D eigenvalue weighted by Crippen LogP contribution is -2.41. The number of anilines is 3. The summed E-state index contributed by atoms with van der Waals surface area (Å²) in [5.41, 5.74) is 6.45. The third-order valence-electron chi connectivity index (χ3n) is 4.83. The van der Waals surface area contributed by atoms with E-state index in [1.807, 2.05) is 0 Å². The number of amides is 2. The minimum Gasteiger partial charge on any atom is -0.381 e. The average Bonchev–Trinajstić information content (AvgIpc) is 2.69. The summed E-state index contributed by atoms with van der Waals surface area (Å²) in [6, 6.07) is 4.28. The zero-order valence-corrected chi connectivity index (χ0v) is 15.5. The van der Waals surface area contributed by atoms with Gasteiger partial charge in [-0.2, -0.15) is 0 Å². The van der Waals surface area contributed by atoms with E-state index >= 15 is 0 Å². The number of primary amides is 1. The Morgan fingerprint density at radius 1 is 1.14 bits per heavy atom. The fourth-order valence-corrected chi connectivity index (χ4v) is 3.38. The monoisotopic (exact) mass is 386 g/mol. The molecule has 0 aliphatic heterocycles. The lowest BCUT2D eigenvalue weighted by molar-refractivity contribution is -0.122. The van der Waals surface area contributed by atoms with Crippen molar-refractivity contribution in [1.82, 2.24) is 15.3 Å². The first kappa shape index (κ1) is 19.5. The van der Waals surface area contributed by atoms with E-state index in [2.05, 4.69) is 25.9 Å². The quantitative estimate of drug-likeness (QED) is 0.604. The van der Waals surface area contributed by atoms with E-state index in [9.17, 15) is 14.0 Å². The maximum atomic E-state index is 13.0. The molecule has 5 N–H and O–H groups in total. The highest BCUT2D eigenvalue weighted by atomic mass is 19.1. The lowest BCUT2D eigenvalue weighted by Gasteiger charge is -2.31. The van der Waals surface area contributed by atoms with Gasteiger partial charge in [0.1, 0.15) is 17.5 Å². The highest BCUT2D eigenvalue weighted by Gasteiger charge is 2.30. The second-order valence-electron chi connectivity index (χ2n) is 6.73. The van der Waals surface area contributed by atoms with Crippen molar-refractivity contribution in [2.45, 2.75) is 31.7 Å². The number of carbonyl (C=O) groups is 2. The van der Waals surface area contributed by atoms with Crippen LogP contribution in [0.15, 0.2) is 30.6 Å². The van der Waals surface area contributed by atoms with Gasteiger partial charge in [0.2, 0.25) is 5.91 Å². The molecule has 2 heterocycles. The molecule has 0 radical (unpaired) electrons. The molecule has 8 nitrogen and oxygen atoms in total. The molecule has 2 aromatic rings. The van der Waals surface area contributed by atoms with Crippen LogP contribution in [0.5, 0.6) is 0 Å². The summed E-state index contributed by atoms with van der Waals surface area (Å²) in [5, 5.41) is 8.87. The minimum atomic E-state index is -0.439. The second kappa shape index (κ2) is 8.64. The Morgan fingerprint density at radius 2 is 1.89 bits per heavy atom. The van der Waals surface area contributed by atoms with Crippen LogP contribution >= 0.6 is 0 Å². The van der Waals surface area contributed by atoms with Crippen LogP contribution in [0, 0.1) is 11.7 Å². The van der Waals surface area contributed by atoms with Gasteiger partial charge in [-0.25, -0.2) is 14.4 Å². The molecule has 3 rings (SSSR count). The number of rotatable bonds is 6. The zero-order chi connectivity index (χ0) is 20.1. The van der Waals surface area contributed by atoms with E-state index in [4.69, 9.17) is 5.73 Å². The van der Waals surface area contributed by atoms with Crippen molar-refractivity contribution in [2.24, 2.45) is 11.7 Å². The van der Waals surface area contributed by atoms with Crippen LogP contribution in [0.4, 0.5) is 21.7 Å². The van der Waals surface area contributed by atoms with E-state index in [0.717, 1.165) is 31.9 Å². The molecular weight excluding hydrogens is 363 g/mol. The Kier molecular flexibility index (Phi) is 6.03. The summed E-state index contributed by atoms with van der Waals surface area (Å²) in [7, 11) is 1.54. The van der Waals surface area contributed by atoms with Crippen molar-refractivity contribution in [1.29, 1.82) is 0 Å². The van der Waals surface area contributed by atoms with Crippen molar-refractivity contribution in [2.75, 3.05) is 17.7 Å². The molecule has 2 amide bonds. The first-order chi connectivity index (χ1) is 13.5. The minimum absolute atomic E-state index is 0.158.